The maximum absolute atomic E-state index is 11.1. The van der Waals surface area contributed by atoms with E-state index in [1.165, 1.54) is 11.1 Å². The van der Waals surface area contributed by atoms with Crippen LogP contribution in [0.4, 0.5) is 0 Å². The molecule has 2 aromatic rings. The van der Waals surface area contributed by atoms with E-state index in [2.05, 4.69) is 42.0 Å². The first kappa shape index (κ1) is 12.6. The second kappa shape index (κ2) is 4.77. The SMILES string of the molecule is CC(=O)Cc1nc(-c2cc(C)ccc2C)c(C)[nH]1. The Hall–Kier alpha value is -1.90. The van der Waals surface area contributed by atoms with Gasteiger partial charge in [-0.1, -0.05) is 17.7 Å². The predicted molar refractivity (Wildman–Crippen MR) is 72.6 cm³/mol. The van der Waals surface area contributed by atoms with Gasteiger partial charge in [0, 0.05) is 11.3 Å². The zero-order chi connectivity index (χ0) is 13.3. The molecule has 0 saturated heterocycles. The molecule has 94 valence electrons. The van der Waals surface area contributed by atoms with E-state index in [1.54, 1.807) is 6.92 Å². The third-order valence-corrected chi connectivity index (χ3v) is 3.00. The van der Waals surface area contributed by atoms with Crippen LogP contribution in [0.2, 0.25) is 0 Å². The van der Waals surface area contributed by atoms with Crippen LogP contribution in [0, 0.1) is 20.8 Å². The van der Waals surface area contributed by atoms with E-state index in [0.29, 0.717) is 6.42 Å². The Labute approximate surface area is 107 Å². The highest BCUT2D eigenvalue weighted by Gasteiger charge is 2.12. The van der Waals surface area contributed by atoms with Crippen molar-refractivity contribution in [2.45, 2.75) is 34.1 Å². The maximum Gasteiger partial charge on any atom is 0.137 e. The van der Waals surface area contributed by atoms with Gasteiger partial charge in [0.15, 0.2) is 0 Å². The lowest BCUT2D eigenvalue weighted by Gasteiger charge is -2.05. The van der Waals surface area contributed by atoms with Crippen LogP contribution in [-0.2, 0) is 11.2 Å². The van der Waals surface area contributed by atoms with Gasteiger partial charge in [0.2, 0.25) is 0 Å². The number of ketones is 1. The fourth-order valence-electron chi connectivity index (χ4n) is 2.10. The molecule has 1 aromatic carbocycles. The number of rotatable bonds is 3. The normalized spacial score (nSPS) is 10.7. The summed E-state index contributed by atoms with van der Waals surface area (Å²) in [6, 6.07) is 6.33. The molecule has 0 unspecified atom stereocenters. The Morgan fingerprint density at radius 2 is 2.00 bits per heavy atom. The van der Waals surface area contributed by atoms with Gasteiger partial charge in [-0.05, 0) is 39.3 Å². The highest BCUT2D eigenvalue weighted by Crippen LogP contribution is 2.25. The summed E-state index contributed by atoms with van der Waals surface area (Å²) < 4.78 is 0. The molecule has 1 aromatic heterocycles. The third-order valence-electron chi connectivity index (χ3n) is 3.00. The van der Waals surface area contributed by atoms with E-state index in [9.17, 15) is 4.79 Å². The molecule has 1 heterocycles. The number of carbonyl (C=O) groups is 1. The van der Waals surface area contributed by atoms with E-state index in [-0.39, 0.29) is 5.78 Å². The number of nitrogens with zero attached hydrogens (tertiary/aromatic N) is 1. The number of benzene rings is 1. The van der Waals surface area contributed by atoms with Gasteiger partial charge in [-0.3, -0.25) is 4.79 Å². The zero-order valence-electron chi connectivity index (χ0n) is 11.3. The van der Waals surface area contributed by atoms with Crippen LogP contribution < -0.4 is 0 Å². The Morgan fingerprint density at radius 1 is 1.28 bits per heavy atom. The fraction of sp³-hybridized carbons (Fsp3) is 0.333. The second-order valence-electron chi connectivity index (χ2n) is 4.85. The van der Waals surface area contributed by atoms with Crippen molar-refractivity contribution in [3.63, 3.8) is 0 Å². The second-order valence-corrected chi connectivity index (χ2v) is 4.85. The largest absolute Gasteiger partial charge is 0.345 e. The molecule has 2 rings (SSSR count). The topological polar surface area (TPSA) is 45.8 Å². The molecule has 0 spiro atoms. The molecule has 0 bridgehead atoms. The van der Waals surface area contributed by atoms with Crippen molar-refractivity contribution in [3.05, 3.63) is 40.8 Å². The molecule has 0 atom stereocenters. The van der Waals surface area contributed by atoms with Crippen LogP contribution >= 0.6 is 0 Å². The number of imidazole rings is 1. The fourth-order valence-corrected chi connectivity index (χ4v) is 2.10. The maximum atomic E-state index is 11.1. The van der Waals surface area contributed by atoms with E-state index in [0.717, 1.165) is 22.8 Å². The molecule has 18 heavy (non-hydrogen) atoms. The lowest BCUT2D eigenvalue weighted by Crippen LogP contribution is -1.98. The molecule has 0 aliphatic rings. The monoisotopic (exact) mass is 242 g/mol. The summed E-state index contributed by atoms with van der Waals surface area (Å²) >= 11 is 0. The van der Waals surface area contributed by atoms with Crippen molar-refractivity contribution >= 4 is 5.78 Å². The highest BCUT2D eigenvalue weighted by molar-refractivity contribution is 5.78. The number of hydrogen-bond acceptors (Lipinski definition) is 2. The van der Waals surface area contributed by atoms with Crippen LogP contribution in [0.25, 0.3) is 11.3 Å². The molecule has 0 aliphatic heterocycles. The Bertz CT molecular complexity index is 597. The number of hydrogen-bond donors (Lipinski definition) is 1. The van der Waals surface area contributed by atoms with Crippen LogP contribution in [-0.4, -0.2) is 15.8 Å². The third kappa shape index (κ3) is 2.50. The summed E-state index contributed by atoms with van der Waals surface area (Å²) in [5.41, 5.74) is 5.52. The van der Waals surface area contributed by atoms with Crippen molar-refractivity contribution < 1.29 is 4.79 Å². The zero-order valence-corrected chi connectivity index (χ0v) is 11.3. The average Bonchev–Trinajstić information content (AvgIpc) is 2.62. The van der Waals surface area contributed by atoms with Gasteiger partial charge in [0.25, 0.3) is 0 Å². The standard InChI is InChI=1S/C15H18N2O/c1-9-5-6-10(2)13(7-9)15-12(4)16-14(17-15)8-11(3)18/h5-7H,8H2,1-4H3,(H,16,17). The summed E-state index contributed by atoms with van der Waals surface area (Å²) in [5, 5.41) is 0. The van der Waals surface area contributed by atoms with E-state index in [4.69, 9.17) is 0 Å². The van der Waals surface area contributed by atoms with Crippen LogP contribution in [0.3, 0.4) is 0 Å². The van der Waals surface area contributed by atoms with Crippen LogP contribution in [0.1, 0.15) is 29.6 Å². The lowest BCUT2D eigenvalue weighted by atomic mass is 10.0. The number of H-pyrrole nitrogens is 1. The highest BCUT2D eigenvalue weighted by atomic mass is 16.1. The number of carbonyl (C=O) groups excluding carboxylic acids is 1. The summed E-state index contributed by atoms with van der Waals surface area (Å²) in [5.74, 6) is 0.868. The smallest absolute Gasteiger partial charge is 0.137 e. The Balaban J connectivity index is 2.47. The first-order chi connectivity index (χ1) is 8.47. The molecule has 0 aliphatic carbocycles. The quantitative estimate of drug-likeness (QED) is 0.898. The van der Waals surface area contributed by atoms with Crippen molar-refractivity contribution in [2.75, 3.05) is 0 Å². The molecule has 0 fully saturated rings. The van der Waals surface area contributed by atoms with E-state index >= 15 is 0 Å². The summed E-state index contributed by atoms with van der Waals surface area (Å²) in [4.78, 5) is 18.9. The molecule has 0 radical (unpaired) electrons. The Morgan fingerprint density at radius 3 is 2.67 bits per heavy atom. The number of nitrogens with one attached hydrogen (secondary N) is 1. The minimum atomic E-state index is 0.122. The molecule has 3 heteroatoms. The minimum Gasteiger partial charge on any atom is -0.345 e. The number of aromatic amines is 1. The minimum absolute atomic E-state index is 0.122. The van der Waals surface area contributed by atoms with Gasteiger partial charge in [-0.25, -0.2) is 4.98 Å². The van der Waals surface area contributed by atoms with Crippen molar-refractivity contribution in [2.24, 2.45) is 0 Å². The lowest BCUT2D eigenvalue weighted by molar-refractivity contribution is -0.116. The first-order valence-corrected chi connectivity index (χ1v) is 6.10. The predicted octanol–water partition coefficient (Wildman–Crippen LogP) is 3.13. The molecule has 0 amide bonds. The number of aromatic nitrogens is 2. The number of aryl methyl sites for hydroxylation is 3. The summed E-state index contributed by atoms with van der Waals surface area (Å²) in [6.45, 7) is 7.72. The summed E-state index contributed by atoms with van der Waals surface area (Å²) in [6.07, 6.45) is 0.367. The van der Waals surface area contributed by atoms with Crippen LogP contribution in [0.5, 0.6) is 0 Å². The molecular weight excluding hydrogens is 224 g/mol. The summed E-state index contributed by atoms with van der Waals surface area (Å²) in [7, 11) is 0. The van der Waals surface area contributed by atoms with Crippen molar-refractivity contribution in [1.82, 2.24) is 9.97 Å². The number of Topliss-reactive ketones (excluding diaryl/α,β-unsaturated/α-hetero) is 1. The van der Waals surface area contributed by atoms with Gasteiger partial charge in [-0.15, -0.1) is 0 Å². The average molecular weight is 242 g/mol. The molecule has 0 saturated carbocycles. The molecular formula is C15H18N2O. The van der Waals surface area contributed by atoms with Crippen molar-refractivity contribution in [1.29, 1.82) is 0 Å². The first-order valence-electron chi connectivity index (χ1n) is 6.10. The van der Waals surface area contributed by atoms with Crippen molar-refractivity contribution in [3.8, 4) is 11.3 Å². The molecule has 1 N–H and O–H groups in total. The van der Waals surface area contributed by atoms with Gasteiger partial charge >= 0.3 is 0 Å². The van der Waals surface area contributed by atoms with Gasteiger partial charge in [-0.2, -0.15) is 0 Å². The molecule has 3 nitrogen and oxygen atoms in total. The van der Waals surface area contributed by atoms with Crippen LogP contribution in [0.15, 0.2) is 18.2 Å². The van der Waals surface area contributed by atoms with Gasteiger partial charge in [0.05, 0.1) is 12.1 Å². The van der Waals surface area contributed by atoms with Gasteiger partial charge < -0.3 is 4.98 Å². The van der Waals surface area contributed by atoms with E-state index < -0.39 is 0 Å². The van der Waals surface area contributed by atoms with Gasteiger partial charge in [0.1, 0.15) is 11.6 Å². The van der Waals surface area contributed by atoms with E-state index in [1.807, 2.05) is 6.92 Å². The Kier molecular flexibility index (Phi) is 3.32.